The van der Waals surface area contributed by atoms with Gasteiger partial charge in [0.25, 0.3) is 0 Å². The van der Waals surface area contributed by atoms with Gasteiger partial charge >= 0.3 is 0 Å². The smallest absolute Gasteiger partial charge is 0.219 e. The lowest BCUT2D eigenvalue weighted by Gasteiger charge is -2.07. The number of hydrogen-bond acceptors (Lipinski definition) is 3. The first-order chi connectivity index (χ1) is 10.3. The Balaban J connectivity index is 1.85. The quantitative estimate of drug-likeness (QED) is 0.612. The van der Waals surface area contributed by atoms with Crippen LogP contribution in [0, 0.1) is 0 Å². The largest absolute Gasteiger partial charge is 0.439 e. The number of benzene rings is 2. The Kier molecular flexibility index (Phi) is 4.22. The van der Waals surface area contributed by atoms with E-state index in [1.165, 1.54) is 4.90 Å². The minimum Gasteiger partial charge on any atom is -0.439 e. The van der Waals surface area contributed by atoms with Crippen molar-refractivity contribution in [2.75, 3.05) is 6.26 Å². The molecule has 21 heavy (non-hydrogen) atoms. The van der Waals surface area contributed by atoms with E-state index in [-0.39, 0.29) is 0 Å². The van der Waals surface area contributed by atoms with Gasteiger partial charge in [-0.15, -0.1) is 11.8 Å². The van der Waals surface area contributed by atoms with Crippen LogP contribution in [0.4, 0.5) is 0 Å². The van der Waals surface area contributed by atoms with Gasteiger partial charge in [-0.3, -0.25) is 0 Å². The Morgan fingerprint density at radius 1 is 0.810 bits per heavy atom. The van der Waals surface area contributed by atoms with Gasteiger partial charge in [-0.1, -0.05) is 36.4 Å². The maximum absolute atomic E-state index is 5.77. The molecule has 0 aliphatic rings. The highest BCUT2D eigenvalue weighted by Gasteiger charge is 2.03. The molecule has 1 aromatic heterocycles. The van der Waals surface area contributed by atoms with Crippen LogP contribution < -0.4 is 4.74 Å². The number of para-hydroxylation sites is 1. The third-order valence-electron chi connectivity index (χ3n) is 3.07. The van der Waals surface area contributed by atoms with Crippen LogP contribution in [-0.2, 0) is 0 Å². The summed E-state index contributed by atoms with van der Waals surface area (Å²) in [4.78, 5) is 5.81. The second kappa shape index (κ2) is 6.46. The van der Waals surface area contributed by atoms with E-state index >= 15 is 0 Å². The zero-order chi connectivity index (χ0) is 14.5. The number of hydrogen-bond donors (Lipinski definition) is 0. The van der Waals surface area contributed by atoms with Crippen molar-refractivity contribution in [1.82, 2.24) is 4.98 Å². The molecule has 0 bridgehead atoms. The summed E-state index contributed by atoms with van der Waals surface area (Å²) in [7, 11) is 0. The molecule has 1 heterocycles. The lowest BCUT2D eigenvalue weighted by atomic mass is 10.1. The fraction of sp³-hybridized carbons (Fsp3) is 0.0556. The van der Waals surface area contributed by atoms with Crippen molar-refractivity contribution in [1.29, 1.82) is 0 Å². The number of aromatic nitrogens is 1. The molecule has 0 saturated carbocycles. The molecule has 0 radical (unpaired) electrons. The van der Waals surface area contributed by atoms with E-state index in [1.807, 2.05) is 48.5 Å². The van der Waals surface area contributed by atoms with E-state index in [0.717, 1.165) is 17.0 Å². The zero-order valence-electron chi connectivity index (χ0n) is 11.7. The van der Waals surface area contributed by atoms with Gasteiger partial charge in [0.05, 0.1) is 5.69 Å². The number of ether oxygens (including phenoxy) is 1. The molecule has 3 heteroatoms. The molecule has 0 aliphatic carbocycles. The van der Waals surface area contributed by atoms with E-state index in [1.54, 1.807) is 11.8 Å². The van der Waals surface area contributed by atoms with Gasteiger partial charge in [0.2, 0.25) is 5.88 Å². The van der Waals surface area contributed by atoms with Crippen molar-refractivity contribution < 1.29 is 4.74 Å². The van der Waals surface area contributed by atoms with E-state index < -0.39 is 0 Å². The first kappa shape index (κ1) is 13.7. The van der Waals surface area contributed by atoms with E-state index in [4.69, 9.17) is 4.74 Å². The van der Waals surface area contributed by atoms with Crippen LogP contribution in [0.1, 0.15) is 0 Å². The SMILES string of the molecule is CSc1ccc(-c2cccc(Oc3ccccc3)n2)cc1. The molecule has 2 aromatic carbocycles. The van der Waals surface area contributed by atoms with Gasteiger partial charge in [-0.25, -0.2) is 4.98 Å². The van der Waals surface area contributed by atoms with Crippen molar-refractivity contribution in [3.63, 3.8) is 0 Å². The number of thioether (sulfide) groups is 1. The second-order valence-electron chi connectivity index (χ2n) is 4.50. The molecule has 0 atom stereocenters. The first-order valence-electron chi connectivity index (χ1n) is 6.69. The maximum atomic E-state index is 5.77. The Bertz CT molecular complexity index is 711. The normalized spacial score (nSPS) is 10.3. The molecule has 0 saturated heterocycles. The van der Waals surface area contributed by atoms with Gasteiger partial charge in [0.1, 0.15) is 5.75 Å². The first-order valence-corrected chi connectivity index (χ1v) is 7.92. The van der Waals surface area contributed by atoms with Crippen LogP contribution >= 0.6 is 11.8 Å². The Morgan fingerprint density at radius 3 is 2.29 bits per heavy atom. The highest BCUT2D eigenvalue weighted by Crippen LogP contribution is 2.25. The topological polar surface area (TPSA) is 22.1 Å². The van der Waals surface area contributed by atoms with Gasteiger partial charge < -0.3 is 4.74 Å². The molecule has 0 unspecified atom stereocenters. The second-order valence-corrected chi connectivity index (χ2v) is 5.38. The van der Waals surface area contributed by atoms with Crippen molar-refractivity contribution in [3.8, 4) is 22.9 Å². The summed E-state index contributed by atoms with van der Waals surface area (Å²) in [5.74, 6) is 1.40. The van der Waals surface area contributed by atoms with Gasteiger partial charge in [0.15, 0.2) is 0 Å². The summed E-state index contributed by atoms with van der Waals surface area (Å²) in [6.45, 7) is 0. The molecule has 3 aromatic rings. The molecule has 0 fully saturated rings. The average Bonchev–Trinajstić information content (AvgIpc) is 2.56. The van der Waals surface area contributed by atoms with Crippen LogP contribution in [-0.4, -0.2) is 11.2 Å². The van der Waals surface area contributed by atoms with Crippen LogP contribution in [0.15, 0.2) is 77.7 Å². The molecule has 3 rings (SSSR count). The predicted molar refractivity (Wildman–Crippen MR) is 88.0 cm³/mol. The summed E-state index contributed by atoms with van der Waals surface area (Å²) in [6.07, 6.45) is 2.07. The highest BCUT2D eigenvalue weighted by molar-refractivity contribution is 7.98. The Morgan fingerprint density at radius 2 is 1.57 bits per heavy atom. The Hall–Kier alpha value is -2.26. The van der Waals surface area contributed by atoms with Crippen LogP contribution in [0.25, 0.3) is 11.3 Å². The zero-order valence-corrected chi connectivity index (χ0v) is 12.5. The number of nitrogens with zero attached hydrogens (tertiary/aromatic N) is 1. The van der Waals surface area contributed by atoms with Gasteiger partial charge in [-0.05, 0) is 36.6 Å². The van der Waals surface area contributed by atoms with Crippen molar-refractivity contribution in [2.24, 2.45) is 0 Å². The van der Waals surface area contributed by atoms with E-state index in [9.17, 15) is 0 Å². The molecule has 0 amide bonds. The lowest BCUT2D eigenvalue weighted by molar-refractivity contribution is 0.463. The maximum Gasteiger partial charge on any atom is 0.219 e. The third kappa shape index (κ3) is 3.44. The summed E-state index contributed by atoms with van der Waals surface area (Å²) in [6, 6.07) is 23.9. The molecule has 0 aliphatic heterocycles. The van der Waals surface area contributed by atoms with Crippen LogP contribution in [0.5, 0.6) is 11.6 Å². The molecule has 0 N–H and O–H groups in total. The van der Waals surface area contributed by atoms with Gasteiger partial charge in [-0.2, -0.15) is 0 Å². The third-order valence-corrected chi connectivity index (χ3v) is 3.82. The van der Waals surface area contributed by atoms with Crippen molar-refractivity contribution in [3.05, 3.63) is 72.8 Å². The summed E-state index contributed by atoms with van der Waals surface area (Å²) in [5, 5.41) is 0. The number of pyridine rings is 1. The van der Waals surface area contributed by atoms with Crippen LogP contribution in [0.2, 0.25) is 0 Å². The predicted octanol–water partition coefficient (Wildman–Crippen LogP) is 5.26. The molecule has 104 valence electrons. The summed E-state index contributed by atoms with van der Waals surface area (Å²) < 4.78 is 5.77. The van der Waals surface area contributed by atoms with E-state index in [0.29, 0.717) is 5.88 Å². The summed E-state index contributed by atoms with van der Waals surface area (Å²) >= 11 is 1.73. The minimum absolute atomic E-state index is 0.604. The van der Waals surface area contributed by atoms with Gasteiger partial charge in [0, 0.05) is 16.5 Å². The van der Waals surface area contributed by atoms with Crippen LogP contribution in [0.3, 0.4) is 0 Å². The monoisotopic (exact) mass is 293 g/mol. The fourth-order valence-corrected chi connectivity index (χ4v) is 2.41. The minimum atomic E-state index is 0.604. The summed E-state index contributed by atoms with van der Waals surface area (Å²) in [5.41, 5.74) is 2.00. The average molecular weight is 293 g/mol. The lowest BCUT2D eigenvalue weighted by Crippen LogP contribution is -1.90. The Labute approximate surface area is 128 Å². The fourth-order valence-electron chi connectivity index (χ4n) is 2.00. The molecular weight excluding hydrogens is 278 g/mol. The number of rotatable bonds is 4. The van der Waals surface area contributed by atoms with E-state index in [2.05, 4.69) is 35.5 Å². The van der Waals surface area contributed by atoms with Crippen molar-refractivity contribution in [2.45, 2.75) is 4.90 Å². The molecule has 2 nitrogen and oxygen atoms in total. The highest BCUT2D eigenvalue weighted by atomic mass is 32.2. The standard InChI is InChI=1S/C18H15NOS/c1-21-16-12-10-14(11-13-16)17-8-5-9-18(19-17)20-15-6-3-2-4-7-15/h2-13H,1H3. The molecule has 0 spiro atoms. The molecular formula is C18H15NOS. The van der Waals surface area contributed by atoms with Crippen molar-refractivity contribution >= 4 is 11.8 Å².